The van der Waals surface area contributed by atoms with Crippen molar-refractivity contribution in [1.29, 1.82) is 0 Å². The third-order valence-electron chi connectivity index (χ3n) is 5.72. The largest absolute Gasteiger partial charge is 0.353 e. The average Bonchev–Trinajstić information content (AvgIpc) is 2.80. The van der Waals surface area contributed by atoms with Gasteiger partial charge in [0.1, 0.15) is 11.5 Å². The summed E-state index contributed by atoms with van der Waals surface area (Å²) >= 11 is 0. The summed E-state index contributed by atoms with van der Waals surface area (Å²) in [5.74, 6) is 0.691. The normalized spacial score (nSPS) is 17.8. The lowest BCUT2D eigenvalue weighted by Gasteiger charge is -2.35. The Morgan fingerprint density at radius 2 is 1.72 bits per heavy atom. The number of piperazine rings is 1. The van der Waals surface area contributed by atoms with Gasteiger partial charge in [-0.2, -0.15) is 0 Å². The Labute approximate surface area is 171 Å². The van der Waals surface area contributed by atoms with Gasteiger partial charge in [0.05, 0.1) is 0 Å². The maximum Gasteiger partial charge on any atom is 0.270 e. The Kier molecular flexibility index (Phi) is 6.03. The Morgan fingerprint density at radius 3 is 2.45 bits per heavy atom. The van der Waals surface area contributed by atoms with Crippen LogP contribution < -0.4 is 10.2 Å². The monoisotopic (exact) mass is 393 g/mol. The molecule has 7 nitrogen and oxygen atoms in total. The first kappa shape index (κ1) is 19.4. The number of amides is 2. The van der Waals surface area contributed by atoms with Crippen LogP contribution in [0.25, 0.3) is 0 Å². The van der Waals surface area contributed by atoms with E-state index >= 15 is 0 Å². The molecule has 0 radical (unpaired) electrons. The molecule has 7 heteroatoms. The summed E-state index contributed by atoms with van der Waals surface area (Å²) in [5.41, 5.74) is 0.827. The fourth-order valence-corrected chi connectivity index (χ4v) is 4.06. The summed E-state index contributed by atoms with van der Waals surface area (Å²) in [6.07, 6.45) is 8.91. The van der Waals surface area contributed by atoms with Crippen LogP contribution in [0.3, 0.4) is 0 Å². The van der Waals surface area contributed by atoms with E-state index in [1.54, 1.807) is 24.5 Å². The van der Waals surface area contributed by atoms with Crippen molar-refractivity contribution in [3.8, 4) is 0 Å². The van der Waals surface area contributed by atoms with Crippen molar-refractivity contribution < 1.29 is 9.59 Å². The predicted molar refractivity (Wildman–Crippen MR) is 111 cm³/mol. The molecular formula is C22H27N5O2. The van der Waals surface area contributed by atoms with E-state index in [0.717, 1.165) is 44.6 Å². The molecule has 1 aliphatic heterocycles. The second-order valence-electron chi connectivity index (χ2n) is 7.71. The zero-order chi connectivity index (χ0) is 20.1. The van der Waals surface area contributed by atoms with Gasteiger partial charge in [-0.05, 0) is 37.1 Å². The quantitative estimate of drug-likeness (QED) is 0.864. The van der Waals surface area contributed by atoms with Crippen LogP contribution in [0.5, 0.6) is 0 Å². The summed E-state index contributed by atoms with van der Waals surface area (Å²) < 4.78 is 0. The van der Waals surface area contributed by atoms with Crippen molar-refractivity contribution in [2.24, 2.45) is 0 Å². The molecule has 0 spiro atoms. The second kappa shape index (κ2) is 9.03. The summed E-state index contributed by atoms with van der Waals surface area (Å²) in [5, 5.41) is 3.06. The third kappa shape index (κ3) is 4.72. The van der Waals surface area contributed by atoms with Crippen molar-refractivity contribution in [2.45, 2.75) is 38.1 Å². The highest BCUT2D eigenvalue weighted by molar-refractivity contribution is 5.98. The number of hydrogen-bond acceptors (Lipinski definition) is 5. The molecule has 3 heterocycles. The van der Waals surface area contributed by atoms with Crippen molar-refractivity contribution in [3.05, 3.63) is 54.0 Å². The van der Waals surface area contributed by atoms with E-state index in [1.165, 1.54) is 6.42 Å². The maximum absolute atomic E-state index is 12.9. The number of rotatable bonds is 4. The lowest BCUT2D eigenvalue weighted by Crippen LogP contribution is -2.49. The Balaban J connectivity index is 1.36. The minimum Gasteiger partial charge on any atom is -0.353 e. The first-order valence-corrected chi connectivity index (χ1v) is 10.4. The van der Waals surface area contributed by atoms with Crippen LogP contribution in [0, 0.1) is 0 Å². The average molecular weight is 393 g/mol. The van der Waals surface area contributed by atoms with E-state index in [-0.39, 0.29) is 17.9 Å². The highest BCUT2D eigenvalue weighted by Gasteiger charge is 2.24. The fraction of sp³-hybridized carbons (Fsp3) is 0.455. The minimum atomic E-state index is -0.188. The standard InChI is InChI=1S/C22H27N5O2/c28-21(25-18-6-2-1-3-7-18)19-16-17(9-11-23-19)22(29)27-14-12-26(13-15-27)20-8-4-5-10-24-20/h4-5,8-11,16,18H,1-3,6-7,12-15H2,(H,25,28). The van der Waals surface area contributed by atoms with Gasteiger partial charge in [-0.3, -0.25) is 14.6 Å². The van der Waals surface area contributed by atoms with E-state index in [4.69, 9.17) is 0 Å². The van der Waals surface area contributed by atoms with Gasteiger partial charge < -0.3 is 15.1 Å². The molecule has 1 aliphatic carbocycles. The zero-order valence-electron chi connectivity index (χ0n) is 16.6. The third-order valence-corrected chi connectivity index (χ3v) is 5.72. The molecule has 29 heavy (non-hydrogen) atoms. The number of nitrogens with zero attached hydrogens (tertiary/aromatic N) is 4. The molecule has 2 aliphatic rings. The molecule has 2 amide bonds. The van der Waals surface area contributed by atoms with Crippen LogP contribution in [-0.4, -0.2) is 58.9 Å². The highest BCUT2D eigenvalue weighted by Crippen LogP contribution is 2.18. The molecule has 1 saturated carbocycles. The van der Waals surface area contributed by atoms with Gasteiger partial charge in [0, 0.05) is 50.2 Å². The summed E-state index contributed by atoms with van der Waals surface area (Å²) in [6, 6.07) is 9.37. The zero-order valence-corrected chi connectivity index (χ0v) is 16.6. The van der Waals surface area contributed by atoms with Gasteiger partial charge in [-0.15, -0.1) is 0 Å². The van der Waals surface area contributed by atoms with Crippen LogP contribution >= 0.6 is 0 Å². The van der Waals surface area contributed by atoms with Crippen LogP contribution in [0.15, 0.2) is 42.7 Å². The topological polar surface area (TPSA) is 78.4 Å². The van der Waals surface area contributed by atoms with Crippen molar-refractivity contribution >= 4 is 17.6 Å². The minimum absolute atomic E-state index is 0.0558. The molecule has 152 valence electrons. The highest BCUT2D eigenvalue weighted by atomic mass is 16.2. The number of pyridine rings is 2. The van der Waals surface area contributed by atoms with E-state index in [9.17, 15) is 9.59 Å². The number of aromatic nitrogens is 2. The van der Waals surface area contributed by atoms with E-state index < -0.39 is 0 Å². The second-order valence-corrected chi connectivity index (χ2v) is 7.71. The molecule has 2 fully saturated rings. The first-order chi connectivity index (χ1) is 14.2. The number of anilines is 1. The van der Waals surface area contributed by atoms with Gasteiger partial charge in [0.25, 0.3) is 11.8 Å². The molecule has 0 bridgehead atoms. The van der Waals surface area contributed by atoms with Gasteiger partial charge in [0.2, 0.25) is 0 Å². The van der Waals surface area contributed by atoms with E-state index in [1.807, 2.05) is 23.1 Å². The SMILES string of the molecule is O=C(NC1CCCCC1)c1cc(C(=O)N2CCN(c3ccccn3)CC2)ccn1. The maximum atomic E-state index is 12.9. The predicted octanol–water partition coefficient (Wildman–Crippen LogP) is 2.50. The van der Waals surface area contributed by atoms with Crippen LogP contribution in [-0.2, 0) is 0 Å². The van der Waals surface area contributed by atoms with Gasteiger partial charge in [0.15, 0.2) is 0 Å². The van der Waals surface area contributed by atoms with E-state index in [0.29, 0.717) is 24.3 Å². The first-order valence-electron chi connectivity index (χ1n) is 10.4. The Hall–Kier alpha value is -2.96. The van der Waals surface area contributed by atoms with Crippen molar-refractivity contribution in [3.63, 3.8) is 0 Å². The molecular weight excluding hydrogens is 366 g/mol. The number of nitrogens with one attached hydrogen (secondary N) is 1. The van der Waals surface area contributed by atoms with Crippen molar-refractivity contribution in [2.75, 3.05) is 31.1 Å². The molecule has 4 rings (SSSR count). The summed E-state index contributed by atoms with van der Waals surface area (Å²) in [6.45, 7) is 2.73. The fourth-order valence-electron chi connectivity index (χ4n) is 4.06. The molecule has 0 aromatic carbocycles. The Bertz CT molecular complexity index is 843. The molecule has 0 atom stereocenters. The molecule has 2 aromatic heterocycles. The van der Waals surface area contributed by atoms with Gasteiger partial charge >= 0.3 is 0 Å². The molecule has 0 unspecified atom stereocenters. The smallest absolute Gasteiger partial charge is 0.270 e. The number of carbonyl (C=O) groups excluding carboxylic acids is 2. The van der Waals surface area contributed by atoms with Crippen LogP contribution in [0.2, 0.25) is 0 Å². The molecule has 1 N–H and O–H groups in total. The lowest BCUT2D eigenvalue weighted by molar-refractivity contribution is 0.0746. The number of carbonyl (C=O) groups is 2. The van der Waals surface area contributed by atoms with Gasteiger partial charge in [-0.25, -0.2) is 4.98 Å². The summed E-state index contributed by atoms with van der Waals surface area (Å²) in [7, 11) is 0. The summed E-state index contributed by atoms with van der Waals surface area (Å²) in [4.78, 5) is 38.1. The molecule has 1 saturated heterocycles. The van der Waals surface area contributed by atoms with Crippen LogP contribution in [0.4, 0.5) is 5.82 Å². The lowest BCUT2D eigenvalue weighted by atomic mass is 9.95. The number of hydrogen-bond donors (Lipinski definition) is 1. The van der Waals surface area contributed by atoms with E-state index in [2.05, 4.69) is 20.2 Å². The van der Waals surface area contributed by atoms with Crippen LogP contribution in [0.1, 0.15) is 53.0 Å². The Morgan fingerprint density at radius 1 is 0.931 bits per heavy atom. The molecule has 2 aromatic rings. The van der Waals surface area contributed by atoms with Crippen molar-refractivity contribution in [1.82, 2.24) is 20.2 Å². The van der Waals surface area contributed by atoms with Gasteiger partial charge in [-0.1, -0.05) is 25.3 Å².